The second-order valence-corrected chi connectivity index (χ2v) is 20.7. The van der Waals surface area contributed by atoms with Crippen molar-refractivity contribution in [3.63, 3.8) is 0 Å². The lowest BCUT2D eigenvalue weighted by Crippen LogP contribution is -2.39. The van der Waals surface area contributed by atoms with Gasteiger partial charge in [-0.15, -0.1) is 11.3 Å². The average Bonchev–Trinajstić information content (AvgIpc) is 3.94. The zero-order valence-electron chi connectivity index (χ0n) is 37.1. The first-order chi connectivity index (χ1) is 29.4. The third kappa shape index (κ3) is 5.67. The minimum absolute atomic E-state index is 0.0804. The van der Waals surface area contributed by atoms with Gasteiger partial charge in [-0.2, -0.15) is 0 Å². The molecule has 2 aromatic heterocycles. The lowest BCUT2D eigenvalue weighted by Gasteiger charge is -2.45. The fourth-order valence-electron chi connectivity index (χ4n) is 11.6. The van der Waals surface area contributed by atoms with Gasteiger partial charge in [0.05, 0.1) is 15.7 Å². The lowest BCUT2D eigenvalue weighted by molar-refractivity contribution is 0.332. The Bertz CT molecular complexity index is 3210. The van der Waals surface area contributed by atoms with Crippen LogP contribution in [0.5, 0.6) is 0 Å². The van der Waals surface area contributed by atoms with Gasteiger partial charge >= 0.3 is 0 Å². The molecule has 11 rings (SSSR count). The number of anilines is 2. The van der Waals surface area contributed by atoms with E-state index in [-0.39, 0.29) is 10.8 Å². The molecule has 0 amide bonds. The normalized spacial score (nSPS) is 18.2. The van der Waals surface area contributed by atoms with Crippen LogP contribution in [0.3, 0.4) is 0 Å². The molecule has 0 saturated heterocycles. The Balaban J connectivity index is 1.25. The van der Waals surface area contributed by atoms with Gasteiger partial charge < -0.3 is 9.88 Å². The molecule has 0 radical (unpaired) electrons. The monoisotopic (exact) mass is 810 g/mol. The fourth-order valence-corrected chi connectivity index (χ4v) is 12.8. The van der Waals surface area contributed by atoms with Gasteiger partial charge in [0, 0.05) is 44.5 Å². The van der Waals surface area contributed by atoms with Gasteiger partial charge in [0.25, 0.3) is 0 Å². The summed E-state index contributed by atoms with van der Waals surface area (Å²) < 4.78 is 2.67. The van der Waals surface area contributed by atoms with E-state index in [2.05, 4.69) is 169 Å². The summed E-state index contributed by atoms with van der Waals surface area (Å²) in [6.45, 7) is 23.2. The van der Waals surface area contributed by atoms with Crippen LogP contribution >= 0.6 is 11.3 Å². The van der Waals surface area contributed by atoms with Gasteiger partial charge in [-0.05, 0) is 161 Å². The van der Waals surface area contributed by atoms with Crippen LogP contribution in [0.15, 0.2) is 138 Å². The maximum absolute atomic E-state index is 4.31. The predicted octanol–water partition coefficient (Wildman–Crippen LogP) is 15.0. The molecule has 3 aliphatic carbocycles. The molecule has 2 nitrogen and oxygen atoms in total. The second-order valence-electron chi connectivity index (χ2n) is 19.6. The number of thiophene rings is 1. The van der Waals surface area contributed by atoms with Crippen LogP contribution in [0.2, 0.25) is 0 Å². The SMILES string of the molecule is C=C/C(C)=C(\C(C)=C/C)c1cc(-c2cccc3c2[nH]c2c4ccccc4sc32)c2c(c1)N(c1cc3c(cc1C)C(C)(C)CCC3(C)C)C1=C(B2)CCC2=C1Cc1ccccc12. The number of fused-ring (bicyclic) bond motifs is 10. The van der Waals surface area contributed by atoms with Crippen molar-refractivity contribution in [1.82, 2.24) is 4.98 Å². The highest BCUT2D eigenvalue weighted by molar-refractivity contribution is 7.26. The van der Waals surface area contributed by atoms with Gasteiger partial charge in [0.1, 0.15) is 0 Å². The standard InChI is InChI=1S/C57H55BN2S/c1-10-32(3)50(33(4)11-2)36-29-42(39-20-16-21-41-52(39)59-53-40-19-14-15-22-49(40)61-55(41)53)51-48(30-36)60(47-31-45-44(27-34(47)5)56(6,7)25-26-57(45,8)9)54-43-28-35-17-12-13-18-37(35)38(43)23-24-46(54)58-51/h10-22,27,29-31,58-59H,1,23-26,28H2,2-9H3/b33-11-,50-32+. The van der Waals surface area contributed by atoms with Crippen molar-refractivity contribution in [2.24, 2.45) is 0 Å². The minimum Gasteiger partial charge on any atom is -0.353 e. The van der Waals surface area contributed by atoms with Crippen molar-refractivity contribution in [3.8, 4) is 11.1 Å². The van der Waals surface area contributed by atoms with E-state index in [9.17, 15) is 0 Å². The van der Waals surface area contributed by atoms with E-state index in [1.807, 2.05) is 17.4 Å². The van der Waals surface area contributed by atoms with E-state index < -0.39 is 0 Å². The Kier molecular flexibility index (Phi) is 8.62. The number of nitrogens with zero attached hydrogens (tertiary/aromatic N) is 1. The summed E-state index contributed by atoms with van der Waals surface area (Å²) in [7, 11) is 0.933. The molecule has 0 fully saturated rings. The Hall–Kier alpha value is -5.58. The van der Waals surface area contributed by atoms with Gasteiger partial charge in [0.15, 0.2) is 7.28 Å². The maximum Gasteiger partial charge on any atom is 0.193 e. The van der Waals surface area contributed by atoms with Crippen molar-refractivity contribution in [2.75, 3.05) is 4.90 Å². The Labute approximate surface area is 366 Å². The molecule has 1 aliphatic heterocycles. The Morgan fingerprint density at radius 3 is 2.28 bits per heavy atom. The molecule has 7 aromatic rings. The number of benzene rings is 5. The molecule has 3 heterocycles. The lowest BCUT2D eigenvalue weighted by atomic mass is 9.54. The molecule has 1 N–H and O–H groups in total. The summed E-state index contributed by atoms with van der Waals surface area (Å²) in [5, 5.41) is 2.60. The van der Waals surface area contributed by atoms with Crippen LogP contribution in [-0.2, 0) is 17.3 Å². The number of allylic oxidation sites excluding steroid dienone is 8. The van der Waals surface area contributed by atoms with E-state index in [0.717, 1.165) is 26.5 Å². The van der Waals surface area contributed by atoms with Crippen LogP contribution in [-0.4, -0.2) is 12.3 Å². The summed E-state index contributed by atoms with van der Waals surface area (Å²) >= 11 is 1.90. The van der Waals surface area contributed by atoms with Gasteiger partial charge in [-0.3, -0.25) is 0 Å². The fraction of sp³-hybridized carbons (Fsp3) is 0.263. The molecule has 302 valence electrons. The van der Waals surface area contributed by atoms with E-state index in [1.165, 1.54) is 133 Å². The zero-order valence-corrected chi connectivity index (χ0v) is 37.9. The third-order valence-electron chi connectivity index (χ3n) is 15.1. The number of aromatic nitrogens is 1. The van der Waals surface area contributed by atoms with Crippen LogP contribution in [0.1, 0.15) is 108 Å². The quantitative estimate of drug-likeness (QED) is 0.136. The molecule has 5 aromatic carbocycles. The number of aryl methyl sites for hydroxylation is 1. The first-order valence-corrected chi connectivity index (χ1v) is 23.2. The number of para-hydroxylation sites is 1. The van der Waals surface area contributed by atoms with E-state index in [0.29, 0.717) is 0 Å². The zero-order chi connectivity index (χ0) is 42.1. The summed E-state index contributed by atoms with van der Waals surface area (Å²) in [5.74, 6) is 0. The molecule has 0 saturated carbocycles. The maximum atomic E-state index is 4.31. The highest BCUT2D eigenvalue weighted by atomic mass is 32.1. The molecule has 0 atom stereocenters. The molecule has 0 unspecified atom stereocenters. The molecular weight excluding hydrogens is 756 g/mol. The first-order valence-electron chi connectivity index (χ1n) is 22.4. The topological polar surface area (TPSA) is 19.0 Å². The van der Waals surface area contributed by atoms with E-state index in [4.69, 9.17) is 0 Å². The molecule has 61 heavy (non-hydrogen) atoms. The number of H-pyrrole nitrogens is 1. The highest BCUT2D eigenvalue weighted by Crippen LogP contribution is 2.54. The first kappa shape index (κ1) is 38.4. The summed E-state index contributed by atoms with van der Waals surface area (Å²) in [6.07, 6.45) is 9.82. The van der Waals surface area contributed by atoms with Crippen molar-refractivity contribution in [2.45, 2.75) is 98.3 Å². The van der Waals surface area contributed by atoms with Gasteiger partial charge in [0.2, 0.25) is 0 Å². The summed E-state index contributed by atoms with van der Waals surface area (Å²) in [5.41, 5.74) is 27.7. The predicted molar refractivity (Wildman–Crippen MR) is 268 cm³/mol. The largest absolute Gasteiger partial charge is 0.353 e. The minimum atomic E-state index is 0.0804. The second kappa shape index (κ2) is 13.7. The van der Waals surface area contributed by atoms with Crippen molar-refractivity contribution in [1.29, 1.82) is 0 Å². The van der Waals surface area contributed by atoms with Crippen molar-refractivity contribution in [3.05, 3.63) is 171 Å². The molecule has 4 heteroatoms. The average molecular weight is 811 g/mol. The van der Waals surface area contributed by atoms with E-state index >= 15 is 0 Å². The van der Waals surface area contributed by atoms with Crippen LogP contribution in [0.4, 0.5) is 11.4 Å². The number of hydrogen-bond donors (Lipinski definition) is 1. The van der Waals surface area contributed by atoms with Crippen LogP contribution in [0, 0.1) is 6.92 Å². The smallest absolute Gasteiger partial charge is 0.193 e. The Morgan fingerprint density at radius 2 is 1.49 bits per heavy atom. The third-order valence-corrected chi connectivity index (χ3v) is 16.3. The molecule has 0 bridgehead atoms. The van der Waals surface area contributed by atoms with Crippen molar-refractivity contribution < 1.29 is 0 Å². The van der Waals surface area contributed by atoms with Crippen LogP contribution in [0.25, 0.3) is 53.5 Å². The molecule has 4 aliphatic rings. The number of hydrogen-bond acceptors (Lipinski definition) is 2. The van der Waals surface area contributed by atoms with Crippen molar-refractivity contribution >= 4 is 77.8 Å². The van der Waals surface area contributed by atoms with Crippen LogP contribution < -0.4 is 10.4 Å². The molecule has 0 spiro atoms. The number of nitrogens with one attached hydrogen (secondary N) is 1. The van der Waals surface area contributed by atoms with Gasteiger partial charge in [-0.1, -0.05) is 119 Å². The number of aromatic amines is 1. The summed E-state index contributed by atoms with van der Waals surface area (Å²) in [6, 6.07) is 35.3. The summed E-state index contributed by atoms with van der Waals surface area (Å²) in [4.78, 5) is 6.79. The van der Waals surface area contributed by atoms with Gasteiger partial charge in [-0.25, -0.2) is 0 Å². The molecular formula is C57H55BN2S. The Morgan fingerprint density at radius 1 is 0.770 bits per heavy atom. The van der Waals surface area contributed by atoms with E-state index in [1.54, 1.807) is 11.0 Å². The number of rotatable bonds is 5. The highest BCUT2D eigenvalue weighted by Gasteiger charge is 2.41.